The van der Waals surface area contributed by atoms with Crippen molar-refractivity contribution in [1.29, 1.82) is 0 Å². The van der Waals surface area contributed by atoms with Crippen molar-refractivity contribution in [1.82, 2.24) is 10.6 Å². The van der Waals surface area contributed by atoms with Gasteiger partial charge >= 0.3 is 0 Å². The lowest BCUT2D eigenvalue weighted by Gasteiger charge is -2.21. The predicted octanol–water partition coefficient (Wildman–Crippen LogP) is 3.86. The lowest BCUT2D eigenvalue weighted by molar-refractivity contribution is -0.116. The summed E-state index contributed by atoms with van der Waals surface area (Å²) in [6.07, 6.45) is 9.10. The van der Waals surface area contributed by atoms with Crippen molar-refractivity contribution in [3.8, 4) is 5.75 Å². The summed E-state index contributed by atoms with van der Waals surface area (Å²) in [7, 11) is 0. The number of nitrogens with zero attached hydrogens (tertiary/aromatic N) is 1. The van der Waals surface area contributed by atoms with E-state index in [1.165, 1.54) is 32.1 Å². The van der Waals surface area contributed by atoms with Crippen molar-refractivity contribution < 1.29 is 14.3 Å². The zero-order valence-corrected chi connectivity index (χ0v) is 20.9. The van der Waals surface area contributed by atoms with Crippen LogP contribution in [0.5, 0.6) is 5.75 Å². The number of aliphatic imine (C=N–C) groups is 1. The molecular weight excluding hydrogens is 507 g/mol. The van der Waals surface area contributed by atoms with E-state index in [0.29, 0.717) is 25.7 Å². The molecule has 8 heteroatoms. The molecule has 31 heavy (non-hydrogen) atoms. The fraction of sp³-hybridized carbons (Fsp3) is 0.652. The van der Waals surface area contributed by atoms with Crippen molar-refractivity contribution in [3.05, 3.63) is 23.8 Å². The number of carbonyl (C=O) groups is 1. The molecule has 1 saturated carbocycles. The van der Waals surface area contributed by atoms with Crippen LogP contribution >= 0.6 is 24.0 Å². The Morgan fingerprint density at radius 1 is 1.16 bits per heavy atom. The number of carbonyl (C=O) groups excluding carboxylic acids is 1. The van der Waals surface area contributed by atoms with E-state index in [9.17, 15) is 4.79 Å². The minimum absolute atomic E-state index is 0. The molecule has 1 amide bonds. The van der Waals surface area contributed by atoms with Crippen LogP contribution in [-0.4, -0.2) is 50.8 Å². The number of nitrogens with one attached hydrogen (secondary N) is 3. The predicted molar refractivity (Wildman–Crippen MR) is 136 cm³/mol. The lowest BCUT2D eigenvalue weighted by Crippen LogP contribution is -2.39. The zero-order chi connectivity index (χ0) is 21.0. The molecule has 2 aliphatic rings. The Morgan fingerprint density at radius 2 is 2.00 bits per heavy atom. The van der Waals surface area contributed by atoms with E-state index in [-0.39, 0.29) is 29.9 Å². The highest BCUT2D eigenvalue weighted by atomic mass is 127. The summed E-state index contributed by atoms with van der Waals surface area (Å²) in [4.78, 5) is 16.1. The molecule has 0 radical (unpaired) electrons. The Bertz CT molecular complexity index is 708. The molecule has 1 aliphatic heterocycles. The summed E-state index contributed by atoms with van der Waals surface area (Å²) >= 11 is 0. The number of benzene rings is 1. The number of ether oxygens (including phenoxy) is 2. The molecule has 1 aromatic carbocycles. The van der Waals surface area contributed by atoms with Gasteiger partial charge in [-0.3, -0.25) is 9.79 Å². The molecule has 174 valence electrons. The second kappa shape index (κ2) is 14.5. The molecule has 1 aliphatic carbocycles. The lowest BCUT2D eigenvalue weighted by atomic mass is 9.98. The van der Waals surface area contributed by atoms with Gasteiger partial charge in [0.25, 0.3) is 0 Å². The number of fused-ring (bicyclic) bond motifs is 1. The largest absolute Gasteiger partial charge is 0.492 e. The van der Waals surface area contributed by atoms with Crippen LogP contribution in [0.4, 0.5) is 5.69 Å². The molecule has 0 aromatic heterocycles. The van der Waals surface area contributed by atoms with Crippen molar-refractivity contribution in [2.24, 2.45) is 4.99 Å². The van der Waals surface area contributed by atoms with Gasteiger partial charge in [0.2, 0.25) is 5.91 Å². The first-order chi connectivity index (χ1) is 14.7. The standard InChI is InChI=1S/C23H36N4O3.HI/c1-2-24-23(25-13-6-15-29-19-7-4-3-5-8-19)26-14-16-30-20-10-11-21-18(17-20)9-12-22(28)27-21;/h10-11,17,19H,2-9,12-16H2,1H3,(H,27,28)(H2,24,25,26);1H. The van der Waals surface area contributed by atoms with Crippen LogP contribution in [-0.2, 0) is 16.0 Å². The maximum absolute atomic E-state index is 11.4. The van der Waals surface area contributed by atoms with Crippen LogP contribution in [0.2, 0.25) is 0 Å². The van der Waals surface area contributed by atoms with Gasteiger partial charge in [-0.2, -0.15) is 0 Å². The van der Waals surface area contributed by atoms with Crippen LogP contribution in [0.3, 0.4) is 0 Å². The summed E-state index contributed by atoms with van der Waals surface area (Å²) in [5.41, 5.74) is 2.02. The van der Waals surface area contributed by atoms with Gasteiger partial charge in [0, 0.05) is 31.8 Å². The smallest absolute Gasteiger partial charge is 0.224 e. The molecule has 0 atom stereocenters. The van der Waals surface area contributed by atoms with E-state index in [4.69, 9.17) is 9.47 Å². The van der Waals surface area contributed by atoms with E-state index >= 15 is 0 Å². The van der Waals surface area contributed by atoms with Crippen LogP contribution < -0.4 is 20.7 Å². The summed E-state index contributed by atoms with van der Waals surface area (Å²) in [5, 5.41) is 9.47. The fourth-order valence-electron chi connectivity index (χ4n) is 3.87. The van der Waals surface area contributed by atoms with Crippen LogP contribution in [0, 0.1) is 0 Å². The number of halogens is 1. The highest BCUT2D eigenvalue weighted by Crippen LogP contribution is 2.26. The van der Waals surface area contributed by atoms with E-state index in [0.717, 1.165) is 55.5 Å². The van der Waals surface area contributed by atoms with Crippen LogP contribution in [0.25, 0.3) is 0 Å². The van der Waals surface area contributed by atoms with Crippen molar-refractivity contribution in [3.63, 3.8) is 0 Å². The SMILES string of the molecule is CCNC(=NCCCOC1CCCCC1)NCCOc1ccc2c(c1)CCC(=O)N2.I. The van der Waals surface area contributed by atoms with Gasteiger partial charge in [-0.25, -0.2) is 0 Å². The Morgan fingerprint density at radius 3 is 2.81 bits per heavy atom. The van der Waals surface area contributed by atoms with E-state index < -0.39 is 0 Å². The third kappa shape index (κ3) is 9.22. The highest BCUT2D eigenvalue weighted by Gasteiger charge is 2.15. The number of anilines is 1. The Kier molecular flexibility index (Phi) is 12.0. The van der Waals surface area contributed by atoms with E-state index in [1.807, 2.05) is 18.2 Å². The van der Waals surface area contributed by atoms with Gasteiger partial charge in [-0.15, -0.1) is 24.0 Å². The number of aryl methyl sites for hydroxylation is 1. The minimum atomic E-state index is 0. The van der Waals surface area contributed by atoms with E-state index in [2.05, 4.69) is 27.9 Å². The second-order valence-electron chi connectivity index (χ2n) is 7.89. The van der Waals surface area contributed by atoms with Gasteiger partial charge < -0.3 is 25.4 Å². The van der Waals surface area contributed by atoms with Crippen molar-refractivity contribution >= 4 is 41.5 Å². The molecule has 1 heterocycles. The minimum Gasteiger partial charge on any atom is -0.492 e. The number of rotatable bonds is 10. The van der Waals surface area contributed by atoms with Gasteiger partial charge in [-0.05, 0) is 56.4 Å². The quantitative estimate of drug-likeness (QED) is 0.180. The van der Waals surface area contributed by atoms with Crippen molar-refractivity contribution in [2.45, 2.75) is 64.4 Å². The van der Waals surface area contributed by atoms with Gasteiger partial charge in [-0.1, -0.05) is 19.3 Å². The molecule has 3 rings (SSSR count). The topological polar surface area (TPSA) is 84.0 Å². The Balaban J connectivity index is 0.00000341. The van der Waals surface area contributed by atoms with Gasteiger partial charge in [0.05, 0.1) is 12.6 Å². The number of hydrogen-bond donors (Lipinski definition) is 3. The maximum atomic E-state index is 11.4. The monoisotopic (exact) mass is 544 g/mol. The van der Waals surface area contributed by atoms with Crippen LogP contribution in [0.1, 0.15) is 57.4 Å². The summed E-state index contributed by atoms with van der Waals surface area (Å²) < 4.78 is 11.8. The molecule has 0 spiro atoms. The molecule has 1 aromatic rings. The first-order valence-electron chi connectivity index (χ1n) is 11.4. The third-order valence-corrected chi connectivity index (χ3v) is 5.46. The maximum Gasteiger partial charge on any atom is 0.224 e. The normalized spacial score (nSPS) is 16.7. The van der Waals surface area contributed by atoms with Gasteiger partial charge in [0.15, 0.2) is 5.96 Å². The molecule has 0 saturated heterocycles. The summed E-state index contributed by atoms with van der Waals surface area (Å²) in [5.74, 6) is 1.72. The van der Waals surface area contributed by atoms with Gasteiger partial charge in [0.1, 0.15) is 12.4 Å². The number of guanidine groups is 1. The molecular formula is C23H37IN4O3. The van der Waals surface area contributed by atoms with E-state index in [1.54, 1.807) is 0 Å². The fourth-order valence-corrected chi connectivity index (χ4v) is 3.87. The highest BCUT2D eigenvalue weighted by molar-refractivity contribution is 14.0. The third-order valence-electron chi connectivity index (χ3n) is 5.46. The second-order valence-corrected chi connectivity index (χ2v) is 7.89. The molecule has 1 fully saturated rings. The molecule has 0 bridgehead atoms. The Hall–Kier alpha value is -1.55. The zero-order valence-electron chi connectivity index (χ0n) is 18.6. The molecule has 0 unspecified atom stereocenters. The first kappa shape index (κ1) is 25.7. The average molecular weight is 544 g/mol. The summed E-state index contributed by atoms with van der Waals surface area (Å²) in [6.45, 7) is 5.63. The summed E-state index contributed by atoms with van der Waals surface area (Å²) in [6, 6.07) is 5.83. The average Bonchev–Trinajstić information content (AvgIpc) is 2.77. The molecule has 3 N–H and O–H groups in total. The number of amides is 1. The Labute approximate surface area is 203 Å². The first-order valence-corrected chi connectivity index (χ1v) is 11.4. The molecule has 7 nitrogen and oxygen atoms in total. The van der Waals surface area contributed by atoms with Crippen LogP contribution in [0.15, 0.2) is 23.2 Å². The number of hydrogen-bond acceptors (Lipinski definition) is 4. The van der Waals surface area contributed by atoms with Crippen molar-refractivity contribution in [2.75, 3.05) is 38.2 Å².